The van der Waals surface area contributed by atoms with Gasteiger partial charge in [0.1, 0.15) is 12.0 Å². The first-order valence-electron chi connectivity index (χ1n) is 5.69. The number of carbonyl (C=O) groups is 1. The molecule has 0 saturated carbocycles. The Morgan fingerprint density at radius 1 is 1.47 bits per heavy atom. The number of rotatable bonds is 4. The van der Waals surface area contributed by atoms with E-state index < -0.39 is 0 Å². The number of aryl methyl sites for hydroxylation is 1. The van der Waals surface area contributed by atoms with Crippen LogP contribution in [0.2, 0.25) is 0 Å². The summed E-state index contributed by atoms with van der Waals surface area (Å²) in [5.74, 6) is 5.63. The number of pyridine rings is 1. The van der Waals surface area contributed by atoms with E-state index in [1.165, 1.54) is 6.20 Å². The van der Waals surface area contributed by atoms with E-state index in [4.69, 9.17) is 5.84 Å². The second kappa shape index (κ2) is 5.44. The molecule has 2 heterocycles. The van der Waals surface area contributed by atoms with Gasteiger partial charge in [-0.15, -0.1) is 10.2 Å². The maximum Gasteiger partial charge on any atom is 0.270 e. The van der Waals surface area contributed by atoms with Gasteiger partial charge in [-0.1, -0.05) is 0 Å². The van der Waals surface area contributed by atoms with Crippen molar-refractivity contribution < 1.29 is 4.79 Å². The molecule has 2 aromatic heterocycles. The SMILES string of the molecule is CC(NC(=O)c1ccc(NN)cn1)c1nncn1C. The normalized spacial score (nSPS) is 11.9. The van der Waals surface area contributed by atoms with Crippen LogP contribution >= 0.6 is 0 Å². The number of hydrogen-bond acceptors (Lipinski definition) is 6. The van der Waals surface area contributed by atoms with Crippen molar-refractivity contribution >= 4 is 11.6 Å². The van der Waals surface area contributed by atoms with Gasteiger partial charge < -0.3 is 15.3 Å². The van der Waals surface area contributed by atoms with Gasteiger partial charge in [-0.05, 0) is 19.1 Å². The van der Waals surface area contributed by atoms with Crippen LogP contribution in [0.3, 0.4) is 0 Å². The number of nitrogens with zero attached hydrogens (tertiary/aromatic N) is 4. The van der Waals surface area contributed by atoms with Crippen LogP contribution in [0.15, 0.2) is 24.7 Å². The fourth-order valence-electron chi connectivity index (χ4n) is 1.63. The number of nitrogens with one attached hydrogen (secondary N) is 2. The van der Waals surface area contributed by atoms with E-state index in [0.717, 1.165) is 0 Å². The number of nitrogen functional groups attached to an aromatic ring is 1. The molecule has 8 heteroatoms. The number of hydrazine groups is 1. The van der Waals surface area contributed by atoms with Gasteiger partial charge in [-0.25, -0.2) is 4.98 Å². The molecule has 0 saturated heterocycles. The zero-order valence-corrected chi connectivity index (χ0v) is 10.7. The van der Waals surface area contributed by atoms with Gasteiger partial charge in [0.15, 0.2) is 5.82 Å². The van der Waals surface area contributed by atoms with Crippen molar-refractivity contribution in [1.29, 1.82) is 0 Å². The summed E-state index contributed by atoms with van der Waals surface area (Å²) in [6, 6.07) is 3.01. The lowest BCUT2D eigenvalue weighted by atomic mass is 10.2. The van der Waals surface area contributed by atoms with Crippen LogP contribution in [0.4, 0.5) is 5.69 Å². The van der Waals surface area contributed by atoms with Crippen molar-refractivity contribution in [3.63, 3.8) is 0 Å². The number of anilines is 1. The quantitative estimate of drug-likeness (QED) is 0.527. The highest BCUT2D eigenvalue weighted by Gasteiger charge is 2.15. The summed E-state index contributed by atoms with van der Waals surface area (Å²) >= 11 is 0. The molecular formula is C11H15N7O. The molecule has 19 heavy (non-hydrogen) atoms. The molecule has 1 amide bonds. The van der Waals surface area contributed by atoms with Gasteiger partial charge in [0.05, 0.1) is 17.9 Å². The molecular weight excluding hydrogens is 246 g/mol. The molecule has 0 aliphatic rings. The number of aromatic nitrogens is 4. The van der Waals surface area contributed by atoms with Crippen molar-refractivity contribution in [2.75, 3.05) is 5.43 Å². The number of hydrogen-bond donors (Lipinski definition) is 3. The molecule has 0 radical (unpaired) electrons. The van der Waals surface area contributed by atoms with E-state index in [9.17, 15) is 4.79 Å². The number of carbonyl (C=O) groups excluding carboxylic acids is 1. The largest absolute Gasteiger partial charge is 0.341 e. The Bertz CT molecular complexity index is 563. The van der Waals surface area contributed by atoms with Crippen LogP contribution < -0.4 is 16.6 Å². The first kappa shape index (κ1) is 13.0. The Hall–Kier alpha value is -2.48. The van der Waals surface area contributed by atoms with E-state index in [-0.39, 0.29) is 11.9 Å². The molecule has 0 aliphatic heterocycles. The smallest absolute Gasteiger partial charge is 0.270 e. The Labute approximate surface area is 110 Å². The average molecular weight is 261 g/mol. The fraction of sp³-hybridized carbons (Fsp3) is 0.273. The molecule has 4 N–H and O–H groups in total. The summed E-state index contributed by atoms with van der Waals surface area (Å²) in [6.45, 7) is 1.83. The number of nitrogens with two attached hydrogens (primary N) is 1. The van der Waals surface area contributed by atoms with E-state index >= 15 is 0 Å². The predicted octanol–water partition coefficient (Wildman–Crippen LogP) is -0.0133. The van der Waals surface area contributed by atoms with Crippen molar-refractivity contribution in [2.24, 2.45) is 12.9 Å². The summed E-state index contributed by atoms with van der Waals surface area (Å²) in [6.07, 6.45) is 3.07. The van der Waals surface area contributed by atoms with Gasteiger partial charge in [0.25, 0.3) is 5.91 Å². The van der Waals surface area contributed by atoms with E-state index in [2.05, 4.69) is 25.9 Å². The van der Waals surface area contributed by atoms with Gasteiger partial charge in [-0.2, -0.15) is 0 Å². The summed E-state index contributed by atoms with van der Waals surface area (Å²) in [5.41, 5.74) is 3.40. The Morgan fingerprint density at radius 2 is 2.26 bits per heavy atom. The highest BCUT2D eigenvalue weighted by molar-refractivity contribution is 5.92. The molecule has 1 atom stereocenters. The molecule has 1 unspecified atom stereocenters. The minimum atomic E-state index is -0.279. The lowest BCUT2D eigenvalue weighted by Gasteiger charge is -2.12. The molecule has 100 valence electrons. The Kier molecular flexibility index (Phi) is 3.71. The summed E-state index contributed by atoms with van der Waals surface area (Å²) in [5, 5.41) is 10.5. The minimum Gasteiger partial charge on any atom is -0.341 e. The van der Waals surface area contributed by atoms with Crippen LogP contribution in [0.1, 0.15) is 29.3 Å². The van der Waals surface area contributed by atoms with E-state index in [1.807, 2.05) is 14.0 Å². The maximum absolute atomic E-state index is 12.0. The third-order valence-corrected chi connectivity index (χ3v) is 2.64. The first-order valence-corrected chi connectivity index (χ1v) is 5.69. The number of amides is 1. The monoisotopic (exact) mass is 261 g/mol. The predicted molar refractivity (Wildman–Crippen MR) is 68.9 cm³/mol. The summed E-state index contributed by atoms with van der Waals surface area (Å²) in [4.78, 5) is 16.0. The van der Waals surface area contributed by atoms with E-state index in [0.29, 0.717) is 17.2 Å². The van der Waals surface area contributed by atoms with Crippen LogP contribution in [0.5, 0.6) is 0 Å². The zero-order valence-electron chi connectivity index (χ0n) is 10.7. The van der Waals surface area contributed by atoms with Gasteiger partial charge in [0.2, 0.25) is 0 Å². The van der Waals surface area contributed by atoms with Gasteiger partial charge >= 0.3 is 0 Å². The summed E-state index contributed by atoms with van der Waals surface area (Å²) < 4.78 is 1.75. The second-order valence-corrected chi connectivity index (χ2v) is 4.07. The summed E-state index contributed by atoms with van der Waals surface area (Å²) in [7, 11) is 1.82. The van der Waals surface area contributed by atoms with Gasteiger partial charge in [0, 0.05) is 7.05 Å². The van der Waals surface area contributed by atoms with Crippen molar-refractivity contribution in [2.45, 2.75) is 13.0 Å². The lowest BCUT2D eigenvalue weighted by Crippen LogP contribution is -2.29. The van der Waals surface area contributed by atoms with Crippen LogP contribution in [0.25, 0.3) is 0 Å². The molecule has 0 aliphatic carbocycles. The highest BCUT2D eigenvalue weighted by Crippen LogP contribution is 2.09. The standard InChI is InChI=1S/C11H15N7O/c1-7(10-17-14-6-18(10)2)15-11(19)9-4-3-8(16-12)5-13-9/h3-7,16H,12H2,1-2H3,(H,15,19). The average Bonchev–Trinajstić information content (AvgIpc) is 2.85. The van der Waals surface area contributed by atoms with Crippen molar-refractivity contribution in [3.8, 4) is 0 Å². The third kappa shape index (κ3) is 2.86. The fourth-order valence-corrected chi connectivity index (χ4v) is 1.63. The van der Waals surface area contributed by atoms with Crippen LogP contribution in [-0.4, -0.2) is 25.7 Å². The van der Waals surface area contributed by atoms with Gasteiger partial charge in [-0.3, -0.25) is 10.6 Å². The van der Waals surface area contributed by atoms with Crippen molar-refractivity contribution in [1.82, 2.24) is 25.1 Å². The molecule has 8 nitrogen and oxygen atoms in total. The molecule has 0 aromatic carbocycles. The Balaban J connectivity index is 2.06. The highest BCUT2D eigenvalue weighted by atomic mass is 16.1. The third-order valence-electron chi connectivity index (χ3n) is 2.64. The molecule has 2 aromatic rings. The molecule has 0 fully saturated rings. The lowest BCUT2D eigenvalue weighted by molar-refractivity contribution is 0.0933. The first-order chi connectivity index (χ1) is 9.11. The second-order valence-electron chi connectivity index (χ2n) is 4.07. The minimum absolute atomic E-state index is 0.255. The van der Waals surface area contributed by atoms with Crippen LogP contribution in [0, 0.1) is 0 Å². The molecule has 2 rings (SSSR count). The van der Waals surface area contributed by atoms with Crippen molar-refractivity contribution in [3.05, 3.63) is 36.2 Å². The zero-order chi connectivity index (χ0) is 13.8. The topological polar surface area (TPSA) is 111 Å². The molecule has 0 spiro atoms. The maximum atomic E-state index is 12.0. The molecule has 0 bridgehead atoms. The Morgan fingerprint density at radius 3 is 2.79 bits per heavy atom. The van der Waals surface area contributed by atoms with Crippen LogP contribution in [-0.2, 0) is 7.05 Å². The van der Waals surface area contributed by atoms with E-state index in [1.54, 1.807) is 23.0 Å².